The topological polar surface area (TPSA) is 37.8 Å². The number of benzene rings is 1. The molecule has 2 aromatic heterocycles. The molecule has 3 rings (SSSR count). The van der Waals surface area contributed by atoms with Crippen molar-refractivity contribution in [3.63, 3.8) is 0 Å². The van der Waals surface area contributed by atoms with Gasteiger partial charge in [0.2, 0.25) is 0 Å². The molecule has 1 N–H and O–H groups in total. The van der Waals surface area contributed by atoms with E-state index in [0.29, 0.717) is 5.02 Å². The quantitative estimate of drug-likeness (QED) is 0.751. The monoisotopic (exact) mass is 255 g/mol. The van der Waals surface area contributed by atoms with Gasteiger partial charge in [-0.2, -0.15) is 0 Å². The number of rotatable bonds is 2. The fraction of sp³-hybridized carbons (Fsp3) is 0. The maximum absolute atomic E-state index is 5.79. The first-order valence-electron chi connectivity index (χ1n) is 5.55. The van der Waals surface area contributed by atoms with Crippen molar-refractivity contribution in [2.75, 3.05) is 5.32 Å². The minimum atomic E-state index is 0.628. The number of aromatic nitrogens is 2. The van der Waals surface area contributed by atoms with Crippen molar-refractivity contribution < 1.29 is 0 Å². The average molecular weight is 256 g/mol. The molecule has 88 valence electrons. The van der Waals surface area contributed by atoms with Crippen LogP contribution in [0.5, 0.6) is 0 Å². The molecule has 1 aromatic carbocycles. The Kier molecular flexibility index (Phi) is 2.82. The lowest BCUT2D eigenvalue weighted by Crippen LogP contribution is -1.92. The smallest absolute Gasteiger partial charge is 0.130 e. The Morgan fingerprint density at radius 3 is 2.78 bits per heavy atom. The van der Waals surface area contributed by atoms with E-state index in [9.17, 15) is 0 Å². The maximum Gasteiger partial charge on any atom is 0.130 e. The summed E-state index contributed by atoms with van der Waals surface area (Å²) in [7, 11) is 0. The Balaban J connectivity index is 1.92. The van der Waals surface area contributed by atoms with Crippen LogP contribution in [0.2, 0.25) is 5.02 Å². The van der Waals surface area contributed by atoms with Gasteiger partial charge in [0.1, 0.15) is 5.82 Å². The third-order valence-electron chi connectivity index (χ3n) is 2.60. The Bertz CT molecular complexity index is 680. The first kappa shape index (κ1) is 11.0. The summed E-state index contributed by atoms with van der Waals surface area (Å²) in [5.74, 6) is 0.766. The molecular formula is C14H10ClN3. The van der Waals surface area contributed by atoms with E-state index in [1.165, 1.54) is 0 Å². The molecule has 0 aliphatic heterocycles. The second-order valence-corrected chi connectivity index (χ2v) is 4.33. The molecule has 0 spiro atoms. The summed E-state index contributed by atoms with van der Waals surface area (Å²) < 4.78 is 0. The molecule has 0 fully saturated rings. The predicted octanol–water partition coefficient (Wildman–Crippen LogP) is 4.03. The zero-order chi connectivity index (χ0) is 12.4. The van der Waals surface area contributed by atoms with Gasteiger partial charge >= 0.3 is 0 Å². The summed E-state index contributed by atoms with van der Waals surface area (Å²) in [6.45, 7) is 0. The van der Waals surface area contributed by atoms with E-state index < -0.39 is 0 Å². The van der Waals surface area contributed by atoms with E-state index in [2.05, 4.69) is 15.3 Å². The van der Waals surface area contributed by atoms with Gasteiger partial charge < -0.3 is 5.32 Å². The minimum absolute atomic E-state index is 0.628. The number of pyridine rings is 2. The maximum atomic E-state index is 5.79. The highest BCUT2D eigenvalue weighted by Crippen LogP contribution is 2.20. The standard InChI is InChI=1S/C14H10ClN3/c15-11-3-6-14(17-9-11)18-12-4-5-13-10(8-12)2-1-7-16-13/h1-9H,(H,17,18). The van der Waals surface area contributed by atoms with Crippen LogP contribution >= 0.6 is 11.6 Å². The van der Waals surface area contributed by atoms with Crippen molar-refractivity contribution in [1.29, 1.82) is 0 Å². The molecule has 0 atom stereocenters. The molecule has 0 amide bonds. The van der Waals surface area contributed by atoms with Crippen LogP contribution in [0.1, 0.15) is 0 Å². The summed E-state index contributed by atoms with van der Waals surface area (Å²) in [6, 6.07) is 13.6. The summed E-state index contributed by atoms with van der Waals surface area (Å²) in [6.07, 6.45) is 3.41. The van der Waals surface area contributed by atoms with Crippen LogP contribution in [0, 0.1) is 0 Å². The van der Waals surface area contributed by atoms with Crippen molar-refractivity contribution in [3.05, 3.63) is 59.9 Å². The number of hydrogen-bond donors (Lipinski definition) is 1. The summed E-state index contributed by atoms with van der Waals surface area (Å²) in [5, 5.41) is 4.95. The van der Waals surface area contributed by atoms with Crippen LogP contribution in [0.4, 0.5) is 11.5 Å². The molecule has 3 aromatic rings. The Labute approximate surface area is 109 Å². The lowest BCUT2D eigenvalue weighted by Gasteiger charge is -2.06. The first-order valence-corrected chi connectivity index (χ1v) is 5.92. The molecular weight excluding hydrogens is 246 g/mol. The third kappa shape index (κ3) is 2.26. The van der Waals surface area contributed by atoms with Crippen molar-refractivity contribution in [3.8, 4) is 0 Å². The second-order valence-electron chi connectivity index (χ2n) is 3.90. The Hall–Kier alpha value is -2.13. The molecule has 0 bridgehead atoms. The van der Waals surface area contributed by atoms with E-state index in [1.54, 1.807) is 18.5 Å². The SMILES string of the molecule is Clc1ccc(Nc2ccc3ncccc3c2)nc1. The van der Waals surface area contributed by atoms with Crippen molar-refractivity contribution in [2.45, 2.75) is 0 Å². The Morgan fingerprint density at radius 1 is 1.00 bits per heavy atom. The number of nitrogens with one attached hydrogen (secondary N) is 1. The highest BCUT2D eigenvalue weighted by molar-refractivity contribution is 6.30. The van der Waals surface area contributed by atoms with Gasteiger partial charge in [-0.3, -0.25) is 4.98 Å². The largest absolute Gasteiger partial charge is 0.340 e. The molecule has 0 saturated heterocycles. The first-order chi connectivity index (χ1) is 8.81. The van der Waals surface area contributed by atoms with Crippen molar-refractivity contribution in [2.24, 2.45) is 0 Å². The van der Waals surface area contributed by atoms with Gasteiger partial charge in [0.25, 0.3) is 0 Å². The normalized spacial score (nSPS) is 10.5. The van der Waals surface area contributed by atoms with Crippen molar-refractivity contribution >= 4 is 34.0 Å². The van der Waals surface area contributed by atoms with E-state index in [0.717, 1.165) is 22.4 Å². The van der Waals surface area contributed by atoms with Crippen LogP contribution in [0.25, 0.3) is 10.9 Å². The molecule has 2 heterocycles. The highest BCUT2D eigenvalue weighted by atomic mass is 35.5. The number of anilines is 2. The van der Waals surface area contributed by atoms with Crippen LogP contribution < -0.4 is 5.32 Å². The lowest BCUT2D eigenvalue weighted by atomic mass is 10.2. The number of hydrogen-bond acceptors (Lipinski definition) is 3. The minimum Gasteiger partial charge on any atom is -0.340 e. The van der Waals surface area contributed by atoms with Gasteiger partial charge in [-0.1, -0.05) is 17.7 Å². The summed E-state index contributed by atoms with van der Waals surface area (Å²) in [5.41, 5.74) is 1.96. The lowest BCUT2D eigenvalue weighted by molar-refractivity contribution is 1.31. The van der Waals surface area contributed by atoms with Crippen LogP contribution in [-0.2, 0) is 0 Å². The molecule has 0 aliphatic carbocycles. The fourth-order valence-electron chi connectivity index (χ4n) is 1.75. The van der Waals surface area contributed by atoms with Crippen LogP contribution in [0.3, 0.4) is 0 Å². The van der Waals surface area contributed by atoms with Crippen molar-refractivity contribution in [1.82, 2.24) is 9.97 Å². The zero-order valence-corrected chi connectivity index (χ0v) is 10.2. The molecule has 0 radical (unpaired) electrons. The molecule has 3 nitrogen and oxygen atoms in total. The van der Waals surface area contributed by atoms with E-state index in [4.69, 9.17) is 11.6 Å². The molecule has 0 aliphatic rings. The van der Waals surface area contributed by atoms with Gasteiger partial charge in [0.15, 0.2) is 0 Å². The number of fused-ring (bicyclic) bond motifs is 1. The van der Waals surface area contributed by atoms with E-state index in [1.807, 2.05) is 36.4 Å². The summed E-state index contributed by atoms with van der Waals surface area (Å²) in [4.78, 5) is 8.48. The third-order valence-corrected chi connectivity index (χ3v) is 2.83. The van der Waals surface area contributed by atoms with Gasteiger partial charge in [-0.15, -0.1) is 0 Å². The van der Waals surface area contributed by atoms with E-state index in [-0.39, 0.29) is 0 Å². The molecule has 0 unspecified atom stereocenters. The van der Waals surface area contributed by atoms with E-state index >= 15 is 0 Å². The molecule has 18 heavy (non-hydrogen) atoms. The van der Waals surface area contributed by atoms with Crippen LogP contribution in [-0.4, -0.2) is 9.97 Å². The zero-order valence-electron chi connectivity index (χ0n) is 9.47. The summed E-state index contributed by atoms with van der Waals surface area (Å²) >= 11 is 5.79. The van der Waals surface area contributed by atoms with Gasteiger partial charge in [-0.25, -0.2) is 4.98 Å². The number of halogens is 1. The van der Waals surface area contributed by atoms with Crippen LogP contribution in [0.15, 0.2) is 54.9 Å². The predicted molar refractivity (Wildman–Crippen MR) is 74.3 cm³/mol. The highest BCUT2D eigenvalue weighted by Gasteiger charge is 1.98. The molecule has 4 heteroatoms. The molecule has 0 saturated carbocycles. The van der Waals surface area contributed by atoms with Gasteiger partial charge in [-0.05, 0) is 36.4 Å². The van der Waals surface area contributed by atoms with Gasteiger partial charge in [0, 0.05) is 23.5 Å². The second kappa shape index (κ2) is 4.63. The average Bonchev–Trinajstić information content (AvgIpc) is 2.41. The van der Waals surface area contributed by atoms with Gasteiger partial charge in [0.05, 0.1) is 10.5 Å². The fourth-order valence-corrected chi connectivity index (χ4v) is 1.86. The number of nitrogens with zero attached hydrogens (tertiary/aromatic N) is 2. The Morgan fingerprint density at radius 2 is 1.94 bits per heavy atom.